The van der Waals surface area contributed by atoms with Gasteiger partial charge in [-0.05, 0) is 35.2 Å². The monoisotopic (exact) mass is 390 g/mol. The molecular formula is C26H41NNa. The number of nitrogen functional groups attached to an aromatic ring is 1. The Bertz CT molecular complexity index is 637. The molecule has 0 heterocycles. The van der Waals surface area contributed by atoms with Crippen molar-refractivity contribution in [1.82, 2.24) is 0 Å². The second-order valence-electron chi connectivity index (χ2n) is 8.20. The summed E-state index contributed by atoms with van der Waals surface area (Å²) in [6.45, 7) is 2.29. The van der Waals surface area contributed by atoms with Crippen LogP contribution < -0.4 is 5.73 Å². The predicted octanol–water partition coefficient (Wildman–Crippen LogP) is 8.07. The Morgan fingerprint density at radius 2 is 1.11 bits per heavy atom. The molecule has 2 aromatic rings. The zero-order valence-corrected chi connectivity index (χ0v) is 20.6. The first-order valence-corrected chi connectivity index (χ1v) is 11.6. The second-order valence-corrected chi connectivity index (χ2v) is 8.20. The molecule has 0 amide bonds. The Labute approximate surface area is 196 Å². The predicted molar refractivity (Wildman–Crippen MR) is 128 cm³/mol. The molecule has 1 radical (unpaired) electrons. The number of nitrogens with two attached hydrogens (primary N) is 1. The fourth-order valence-electron chi connectivity index (χ4n) is 4.13. The molecule has 0 saturated carbocycles. The molecule has 0 aliphatic rings. The van der Waals surface area contributed by atoms with Crippen molar-refractivity contribution in [1.29, 1.82) is 0 Å². The molecule has 2 heteroatoms. The molecule has 2 N–H and O–H groups in total. The molecular weight excluding hydrogens is 349 g/mol. The Balaban J connectivity index is 0.00000392. The van der Waals surface area contributed by atoms with E-state index in [9.17, 15) is 0 Å². The van der Waals surface area contributed by atoms with Crippen molar-refractivity contribution in [3.63, 3.8) is 0 Å². The summed E-state index contributed by atoms with van der Waals surface area (Å²) in [5, 5.41) is 2.65. The van der Waals surface area contributed by atoms with Crippen LogP contribution in [-0.2, 0) is 6.42 Å². The number of aryl methyl sites for hydroxylation is 1. The first-order chi connectivity index (χ1) is 13.3. The van der Waals surface area contributed by atoms with Crippen molar-refractivity contribution in [2.24, 2.45) is 0 Å². The average Bonchev–Trinajstić information content (AvgIpc) is 2.69. The summed E-state index contributed by atoms with van der Waals surface area (Å²) < 4.78 is 0. The van der Waals surface area contributed by atoms with E-state index < -0.39 is 0 Å². The van der Waals surface area contributed by atoms with Crippen molar-refractivity contribution in [2.75, 3.05) is 5.73 Å². The maximum absolute atomic E-state index is 6.24. The van der Waals surface area contributed by atoms with Crippen molar-refractivity contribution in [2.45, 2.75) is 103 Å². The van der Waals surface area contributed by atoms with E-state index >= 15 is 0 Å². The first-order valence-electron chi connectivity index (χ1n) is 11.6. The number of unbranched alkanes of at least 4 members (excludes halogenated alkanes) is 13. The molecule has 0 aliphatic carbocycles. The molecule has 0 atom stereocenters. The molecule has 0 aliphatic heterocycles. The topological polar surface area (TPSA) is 26.0 Å². The van der Waals surface area contributed by atoms with Crippen molar-refractivity contribution in [3.05, 3.63) is 42.0 Å². The van der Waals surface area contributed by atoms with Gasteiger partial charge in [0.1, 0.15) is 0 Å². The van der Waals surface area contributed by atoms with Crippen LogP contribution in [0.2, 0.25) is 0 Å². The van der Waals surface area contributed by atoms with Crippen molar-refractivity contribution < 1.29 is 0 Å². The van der Waals surface area contributed by atoms with Crippen LogP contribution in [0.4, 0.5) is 5.69 Å². The van der Waals surface area contributed by atoms with Gasteiger partial charge in [0.15, 0.2) is 0 Å². The van der Waals surface area contributed by atoms with Gasteiger partial charge in [-0.1, -0.05) is 121 Å². The minimum Gasteiger partial charge on any atom is -0.398 e. The SMILES string of the molecule is CCCCCCCCCCCCCCCCc1c(N)ccc2ccccc12.[Na]. The Morgan fingerprint density at radius 3 is 1.68 bits per heavy atom. The Hall–Kier alpha value is -0.500. The molecule has 0 fully saturated rings. The number of fused-ring (bicyclic) bond motifs is 1. The van der Waals surface area contributed by atoms with Crippen LogP contribution in [-0.4, -0.2) is 29.6 Å². The van der Waals surface area contributed by atoms with Gasteiger partial charge >= 0.3 is 0 Å². The van der Waals surface area contributed by atoms with Gasteiger partial charge in [-0.15, -0.1) is 0 Å². The molecule has 0 saturated heterocycles. The third-order valence-electron chi connectivity index (χ3n) is 5.86. The molecule has 1 nitrogen and oxygen atoms in total. The second kappa shape index (κ2) is 16.3. The van der Waals surface area contributed by atoms with Crippen LogP contribution in [0.3, 0.4) is 0 Å². The minimum absolute atomic E-state index is 0. The summed E-state index contributed by atoms with van der Waals surface area (Å²) in [7, 11) is 0. The fraction of sp³-hybridized carbons (Fsp3) is 0.615. The summed E-state index contributed by atoms with van der Waals surface area (Å²) in [5.41, 5.74) is 8.56. The summed E-state index contributed by atoms with van der Waals surface area (Å²) in [6, 6.07) is 12.8. The van der Waals surface area contributed by atoms with E-state index in [0.717, 1.165) is 12.1 Å². The number of hydrogen-bond donors (Lipinski definition) is 1. The van der Waals surface area contributed by atoms with Gasteiger partial charge in [-0.25, -0.2) is 0 Å². The van der Waals surface area contributed by atoms with E-state index in [-0.39, 0.29) is 29.6 Å². The number of anilines is 1. The molecule has 0 unspecified atom stereocenters. The normalized spacial score (nSPS) is 10.9. The third-order valence-corrected chi connectivity index (χ3v) is 5.86. The largest absolute Gasteiger partial charge is 0.398 e. The minimum atomic E-state index is 0. The smallest absolute Gasteiger partial charge is 0.0353 e. The van der Waals surface area contributed by atoms with Gasteiger partial charge < -0.3 is 5.73 Å². The summed E-state index contributed by atoms with van der Waals surface area (Å²) in [4.78, 5) is 0. The zero-order valence-electron chi connectivity index (χ0n) is 18.6. The number of hydrogen-bond acceptors (Lipinski definition) is 1. The van der Waals surface area contributed by atoms with Crippen LogP contribution >= 0.6 is 0 Å². The van der Waals surface area contributed by atoms with E-state index in [1.54, 1.807) is 0 Å². The van der Waals surface area contributed by atoms with E-state index in [1.165, 1.54) is 106 Å². The molecule has 2 aromatic carbocycles. The van der Waals surface area contributed by atoms with Crippen LogP contribution in [0.5, 0.6) is 0 Å². The molecule has 151 valence electrons. The average molecular weight is 391 g/mol. The number of benzene rings is 2. The third kappa shape index (κ3) is 9.81. The van der Waals surface area contributed by atoms with Crippen LogP contribution in [0.1, 0.15) is 102 Å². The summed E-state index contributed by atoms with van der Waals surface area (Å²) >= 11 is 0. The van der Waals surface area contributed by atoms with E-state index in [1.807, 2.05) is 0 Å². The maximum Gasteiger partial charge on any atom is 0.0353 e. The van der Waals surface area contributed by atoms with E-state index in [2.05, 4.69) is 43.3 Å². The van der Waals surface area contributed by atoms with Gasteiger partial charge in [0.2, 0.25) is 0 Å². The Morgan fingerprint density at radius 1 is 0.607 bits per heavy atom. The fourth-order valence-corrected chi connectivity index (χ4v) is 4.13. The van der Waals surface area contributed by atoms with Crippen molar-refractivity contribution >= 4 is 46.0 Å². The standard InChI is InChI=1S/C26H41N.Na/c1-2-3-4-5-6-7-8-9-10-11-12-13-14-15-20-25-24-19-17-16-18-23(24)21-22-26(25)27;/h16-19,21-22H,2-15,20,27H2,1H3;. The van der Waals surface area contributed by atoms with Crippen LogP contribution in [0.25, 0.3) is 10.8 Å². The van der Waals surface area contributed by atoms with E-state index in [4.69, 9.17) is 5.73 Å². The first kappa shape index (κ1) is 25.5. The molecule has 2 rings (SSSR count). The van der Waals surface area contributed by atoms with Gasteiger partial charge in [0.05, 0.1) is 0 Å². The maximum atomic E-state index is 6.24. The van der Waals surface area contributed by atoms with Gasteiger partial charge in [0, 0.05) is 35.2 Å². The molecule has 0 aromatic heterocycles. The Kier molecular flexibility index (Phi) is 14.9. The van der Waals surface area contributed by atoms with Gasteiger partial charge in [-0.2, -0.15) is 0 Å². The van der Waals surface area contributed by atoms with Crippen LogP contribution in [0, 0.1) is 0 Å². The summed E-state index contributed by atoms with van der Waals surface area (Å²) in [5.74, 6) is 0. The van der Waals surface area contributed by atoms with Gasteiger partial charge in [0.25, 0.3) is 0 Å². The van der Waals surface area contributed by atoms with E-state index in [0.29, 0.717) is 0 Å². The number of rotatable bonds is 15. The quantitative estimate of drug-likeness (QED) is 0.186. The molecule has 0 bridgehead atoms. The zero-order chi connectivity index (χ0) is 19.2. The summed E-state index contributed by atoms with van der Waals surface area (Å²) in [6.07, 6.45) is 20.8. The van der Waals surface area contributed by atoms with Crippen LogP contribution in [0.15, 0.2) is 36.4 Å². The molecule has 28 heavy (non-hydrogen) atoms. The molecule has 0 spiro atoms. The van der Waals surface area contributed by atoms with Crippen molar-refractivity contribution in [3.8, 4) is 0 Å². The van der Waals surface area contributed by atoms with Gasteiger partial charge in [-0.3, -0.25) is 0 Å².